The van der Waals surface area contributed by atoms with Gasteiger partial charge in [0.2, 0.25) is 35.1 Å². The molecule has 0 fully saturated rings. The maximum Gasteiger partial charge on any atom is 0.415 e. The van der Waals surface area contributed by atoms with Gasteiger partial charge in [-0.2, -0.15) is 15.0 Å². The first-order valence-electron chi connectivity index (χ1n) is 36.3. The molecule has 2 radical (unpaired) electrons. The number of pyridine rings is 3. The molecule has 121 heavy (non-hydrogen) atoms. The number of benzene rings is 3. The number of nitrogens with zero attached hydrogens (tertiary/aromatic N) is 12. The first-order chi connectivity index (χ1) is 54.8. The first-order valence-corrected chi connectivity index (χ1v) is 37.4. The van der Waals surface area contributed by atoms with Gasteiger partial charge in [0.25, 0.3) is 0 Å². The van der Waals surface area contributed by atoms with Crippen LogP contribution in [0.15, 0.2) is 141 Å². The second-order valence-corrected chi connectivity index (χ2v) is 28.4. The topological polar surface area (TPSA) is 451 Å². The van der Waals surface area contributed by atoms with Crippen molar-refractivity contribution in [2.24, 2.45) is 0 Å². The Morgan fingerprint density at radius 2 is 0.967 bits per heavy atom. The SMILES string of the molecule is C.C=CCCOc1cc(N(Cc2cccc(N(CC=C)C(=O)OC(C)(C)C)c2)C(=O)OCC)c([N+](=O)[O-])c(N)n1.CCOC(=O)N1Cc2cccc(c2)N(C(=O)OC(C)(C)C)C/C=C/CCOc2cc1c([N+](=O)[O-])c(N)n2.CCOC(=O)N1Cc2cccc(c2)N(C(=O)OC(C)(C)C)C/C=C\CCOc2cc1c([N+](=O)[O-])c(N)n2.ClCCl.[V].[V].[W].[W]. The Morgan fingerprint density at radius 1 is 0.545 bits per heavy atom. The van der Waals surface area contributed by atoms with Gasteiger partial charge in [-0.3, -0.25) is 59.7 Å². The van der Waals surface area contributed by atoms with Crippen LogP contribution in [0.4, 0.5) is 97.4 Å². The number of hydrogen-bond donors (Lipinski definition) is 3. The summed E-state index contributed by atoms with van der Waals surface area (Å²) in [6, 6.07) is 24.4. The van der Waals surface area contributed by atoms with Crippen molar-refractivity contribution in [3.63, 3.8) is 0 Å². The van der Waals surface area contributed by atoms with Crippen molar-refractivity contribution in [1.82, 2.24) is 15.0 Å². The van der Waals surface area contributed by atoms with Crippen LogP contribution in [0.5, 0.6) is 17.6 Å². The summed E-state index contributed by atoms with van der Waals surface area (Å²) in [5.74, 6) is -1.15. The molecule has 2 aliphatic heterocycles. The van der Waals surface area contributed by atoms with Gasteiger partial charge < -0.3 is 59.8 Å². The molecule has 3 aromatic carbocycles. The van der Waals surface area contributed by atoms with Crippen molar-refractivity contribution >= 4 is 128 Å². The fourth-order valence-electron chi connectivity index (χ4n) is 10.6. The Kier molecular flexibility index (Phi) is 49.0. The molecule has 5 heterocycles. The third-order valence-corrected chi connectivity index (χ3v) is 15.2. The number of nitro groups is 3. The quantitative estimate of drug-likeness (QED) is 0.0202. The summed E-state index contributed by atoms with van der Waals surface area (Å²) in [6.07, 6.45) is 7.75. The molecule has 656 valence electrons. The molecule has 2 aliphatic rings. The molecule has 8 bridgehead atoms. The Labute approximate surface area is 765 Å². The third-order valence-electron chi connectivity index (χ3n) is 15.2. The number of aromatic nitrogens is 3. The van der Waals surface area contributed by atoms with Crippen LogP contribution < -0.4 is 60.8 Å². The minimum atomic E-state index is -0.844. The second-order valence-electron chi connectivity index (χ2n) is 27.6. The molecule has 6 amide bonds. The molecule has 3 aromatic heterocycles. The average Bonchev–Trinajstić information content (AvgIpc) is 1.66. The van der Waals surface area contributed by atoms with Crippen molar-refractivity contribution in [2.45, 2.75) is 146 Å². The fraction of sp³-hybridized carbons (Fsp3) is 0.405. The van der Waals surface area contributed by atoms with Crippen LogP contribution in [0.3, 0.4) is 0 Å². The Hall–Kier alpha value is -10.2. The molecule has 6 N–H and O–H groups in total. The predicted octanol–water partition coefficient (Wildman–Crippen LogP) is 17.3. The molecule has 8 rings (SSSR count). The van der Waals surface area contributed by atoms with Gasteiger partial charge in [-0.15, -0.1) is 36.4 Å². The molecular weight excluding hydrogens is 2040 g/mol. The van der Waals surface area contributed by atoms with Gasteiger partial charge in [0, 0.05) is 134 Å². The zero-order chi connectivity index (χ0) is 86.2. The van der Waals surface area contributed by atoms with E-state index in [4.69, 9.17) is 83.0 Å². The van der Waals surface area contributed by atoms with Gasteiger partial charge >= 0.3 is 53.6 Å². The van der Waals surface area contributed by atoms with Crippen LogP contribution in [0.1, 0.15) is 126 Å². The summed E-state index contributed by atoms with van der Waals surface area (Å²) in [4.78, 5) is 131. The van der Waals surface area contributed by atoms with Gasteiger partial charge in [0.1, 0.15) is 33.9 Å². The van der Waals surface area contributed by atoms with Crippen molar-refractivity contribution in [3.05, 3.63) is 188 Å². The smallest absolute Gasteiger partial charge is 0.415 e. The van der Waals surface area contributed by atoms with Crippen molar-refractivity contribution in [1.29, 1.82) is 0 Å². The Bertz CT molecular complexity index is 4360. The first kappa shape index (κ1) is 111. The van der Waals surface area contributed by atoms with Crippen molar-refractivity contribution < 1.29 is 165 Å². The van der Waals surface area contributed by atoms with Crippen LogP contribution in [0.2, 0.25) is 0 Å². The van der Waals surface area contributed by atoms with Crippen LogP contribution in [0, 0.1) is 30.3 Å². The number of nitrogens with two attached hydrogens (primary N) is 3. The zero-order valence-electron chi connectivity index (χ0n) is 68.5. The van der Waals surface area contributed by atoms with E-state index in [9.17, 15) is 59.1 Å². The number of nitrogen functional groups attached to an aromatic ring is 3. The van der Waals surface area contributed by atoms with Gasteiger partial charge in [0.15, 0.2) is 0 Å². The minimum absolute atomic E-state index is 0. The van der Waals surface area contributed by atoms with Gasteiger partial charge in [-0.25, -0.2) is 28.8 Å². The zero-order valence-corrected chi connectivity index (χ0v) is 78.7. The van der Waals surface area contributed by atoms with E-state index in [0.29, 0.717) is 53.0 Å². The van der Waals surface area contributed by atoms with Crippen LogP contribution in [0.25, 0.3) is 0 Å². The average molecular weight is 2140 g/mol. The second kappa shape index (κ2) is 53.6. The molecule has 0 unspecified atom stereocenters. The van der Waals surface area contributed by atoms with E-state index in [2.05, 4.69) is 28.1 Å². The number of fused-ring (bicyclic) bond motifs is 8. The van der Waals surface area contributed by atoms with Gasteiger partial charge in [-0.05, 0) is 155 Å². The summed E-state index contributed by atoms with van der Waals surface area (Å²) < 4.78 is 49.2. The Morgan fingerprint density at radius 3 is 1.36 bits per heavy atom. The van der Waals surface area contributed by atoms with E-state index in [0.717, 1.165) is 14.7 Å². The van der Waals surface area contributed by atoms with Crippen LogP contribution >= 0.6 is 23.2 Å². The minimum Gasteiger partial charge on any atom is -0.477 e. The number of carbonyl (C=O) groups is 6. The molecule has 36 nitrogen and oxygen atoms in total. The number of hydrogen-bond acceptors (Lipinski definition) is 27. The van der Waals surface area contributed by atoms with Crippen LogP contribution in [-0.2, 0) is 127 Å². The number of ether oxygens (including phenoxy) is 9. The number of rotatable bonds is 16. The summed E-state index contributed by atoms with van der Waals surface area (Å²) in [6.45, 7) is 29.1. The van der Waals surface area contributed by atoms with E-state index in [-0.39, 0.29) is 206 Å². The van der Waals surface area contributed by atoms with E-state index in [1.807, 2.05) is 24.3 Å². The molecule has 0 saturated carbocycles. The maximum atomic E-state index is 13.1. The molecule has 0 aliphatic carbocycles. The summed E-state index contributed by atoms with van der Waals surface area (Å²) >= 11 is 9.53. The molecule has 42 heteroatoms. The van der Waals surface area contributed by atoms with Crippen molar-refractivity contribution in [3.8, 4) is 17.6 Å². The molecule has 0 saturated heterocycles. The van der Waals surface area contributed by atoms with E-state index >= 15 is 0 Å². The normalized spacial score (nSPS) is 12.8. The third kappa shape index (κ3) is 35.4. The fourth-order valence-corrected chi connectivity index (χ4v) is 10.6. The van der Waals surface area contributed by atoms with E-state index in [1.165, 1.54) is 32.9 Å². The monoisotopic (exact) mass is 2140 g/mol. The molecule has 0 spiro atoms. The number of amides is 6. The number of anilines is 9. The summed E-state index contributed by atoms with van der Waals surface area (Å²) in [5, 5.41) is 35.9. The maximum absolute atomic E-state index is 13.1. The summed E-state index contributed by atoms with van der Waals surface area (Å²) in [5.41, 5.74) is 16.8. The number of halogens is 2. The van der Waals surface area contributed by atoms with E-state index in [1.54, 1.807) is 168 Å². The molecule has 6 aromatic rings. The standard InChI is InChI=1S/C27H35N5O7.2C25H31N5O7.CH2Cl2.CH4.2V.2W/c1-7-10-15-38-22-17-21(23(32(35)36)24(28)29-22)31(25(33)37-9-3)18-19-12-11-13-20(16-19)30(14-8-2)26(34)39-27(4,5)6;2*1-5-35-23(31)29-16-17-10-9-11-18(14-17)28(24(32)37-25(2,3)4)12-7-6-8-13-36-20-15-19(29)21(30(33)34)22(26)27-20;2-1-3;;;;;/h7-8,11-13,16-17H,1-2,9-10,14-15,18H2,3-6H3,(H2,28,29);2*6-7,9-11,14-15H,5,8,12-13,16H2,1-4H3,(H2,26,27);1H2;1H4;;;;/b;7-6+;7-6-;;;;;;. The number of carbonyl (C=O) groups excluding carboxylic acids is 6. The molecule has 0 atom stereocenters. The van der Waals surface area contributed by atoms with Gasteiger partial charge in [0.05, 0.1) is 79.4 Å². The van der Waals surface area contributed by atoms with Gasteiger partial charge in [-0.1, -0.05) is 80.3 Å². The van der Waals surface area contributed by atoms with Crippen molar-refractivity contribution in [2.75, 3.05) is 111 Å². The molecular formula is C79H103Cl2N15O21V2W2. The van der Waals surface area contributed by atoms with E-state index < -0.39 is 103 Å². The summed E-state index contributed by atoms with van der Waals surface area (Å²) in [7, 11) is 0. The number of alkyl halides is 2. The Balaban J connectivity index is 0.00000172. The largest absolute Gasteiger partial charge is 0.477 e. The predicted molar refractivity (Wildman–Crippen MR) is 448 cm³/mol. The van der Waals surface area contributed by atoms with Crippen LogP contribution in [-0.4, -0.2) is 148 Å².